The predicted octanol–water partition coefficient (Wildman–Crippen LogP) is 0.648. The number of thioether (sulfide) groups is 1. The van der Waals surface area contributed by atoms with Crippen molar-refractivity contribution < 1.29 is 33.8 Å². The number of hydrogen-bond donors (Lipinski definition) is 1. The lowest BCUT2D eigenvalue weighted by Crippen LogP contribution is -2.26. The first-order valence-electron chi connectivity index (χ1n) is 6.03. The minimum Gasteiger partial charge on any atom is -0.476 e. The molecule has 0 aliphatic carbocycles. The summed E-state index contributed by atoms with van der Waals surface area (Å²) in [5.74, 6) is -3.18. The summed E-state index contributed by atoms with van der Waals surface area (Å²) in [6.45, 7) is 2.02. The summed E-state index contributed by atoms with van der Waals surface area (Å²) in [6.07, 6.45) is 0.256. The first kappa shape index (κ1) is 18.4. The van der Waals surface area contributed by atoms with Gasteiger partial charge in [0.15, 0.2) is 0 Å². The molecule has 0 aromatic rings. The van der Waals surface area contributed by atoms with Crippen LogP contribution >= 0.6 is 11.8 Å². The molecule has 0 saturated carbocycles. The molecular formula is C12H18O7S. The highest BCUT2D eigenvalue weighted by molar-refractivity contribution is 8.00. The number of ether oxygens (including phenoxy) is 2. The van der Waals surface area contributed by atoms with E-state index < -0.39 is 29.4 Å². The highest BCUT2D eigenvalue weighted by Gasteiger charge is 2.26. The zero-order chi connectivity index (χ0) is 15.5. The normalized spacial score (nSPS) is 11.5. The van der Waals surface area contributed by atoms with Gasteiger partial charge in [-0.15, -0.1) is 11.8 Å². The summed E-state index contributed by atoms with van der Waals surface area (Å²) in [5.41, 5.74) is 0. The highest BCUT2D eigenvalue weighted by atomic mass is 32.2. The van der Waals surface area contributed by atoms with E-state index in [2.05, 4.69) is 4.74 Å². The van der Waals surface area contributed by atoms with E-state index in [1.165, 1.54) is 7.11 Å². The predicted molar refractivity (Wildman–Crippen MR) is 71.4 cm³/mol. The van der Waals surface area contributed by atoms with E-state index in [0.717, 1.165) is 11.8 Å². The molecule has 20 heavy (non-hydrogen) atoms. The summed E-state index contributed by atoms with van der Waals surface area (Å²) in [7, 11) is 1.17. The molecule has 114 valence electrons. The first-order chi connectivity index (χ1) is 9.42. The minimum absolute atomic E-state index is 0.210. The molecule has 1 N–H and O–H groups in total. The lowest BCUT2D eigenvalue weighted by Gasteiger charge is -2.12. The van der Waals surface area contributed by atoms with E-state index in [1.54, 1.807) is 6.92 Å². The molecule has 1 unspecified atom stereocenters. The monoisotopic (exact) mass is 306 g/mol. The van der Waals surface area contributed by atoms with Crippen molar-refractivity contribution in [3.63, 3.8) is 0 Å². The number of carboxylic acids is 1. The van der Waals surface area contributed by atoms with Gasteiger partial charge in [-0.25, -0.2) is 4.79 Å². The summed E-state index contributed by atoms with van der Waals surface area (Å²) >= 11 is 1.09. The molecule has 7 nitrogen and oxygen atoms in total. The molecule has 0 radical (unpaired) electrons. The third kappa shape index (κ3) is 7.78. The lowest BCUT2D eigenvalue weighted by molar-refractivity contribution is -0.150. The molecule has 0 rings (SSSR count). The highest BCUT2D eigenvalue weighted by Crippen LogP contribution is 2.18. The summed E-state index contributed by atoms with van der Waals surface area (Å²) < 4.78 is 9.26. The lowest BCUT2D eigenvalue weighted by atomic mass is 10.2. The fourth-order valence-corrected chi connectivity index (χ4v) is 2.37. The topological polar surface area (TPSA) is 107 Å². The van der Waals surface area contributed by atoms with Crippen LogP contribution in [0, 0.1) is 0 Å². The van der Waals surface area contributed by atoms with E-state index >= 15 is 0 Å². The SMILES string of the molecule is CCOC(=O)CCCSC(CC(=O)C(=O)O)C(=O)OC. The Balaban J connectivity index is 4.18. The number of aliphatic carboxylic acids is 1. The third-order valence-electron chi connectivity index (χ3n) is 2.22. The average Bonchev–Trinajstić information content (AvgIpc) is 2.41. The standard InChI is InChI=1S/C12H18O7S/c1-3-19-10(14)5-4-6-20-9(12(17)18-2)7-8(13)11(15)16/h9H,3-7H2,1-2H3,(H,15,16). The smallest absolute Gasteiger partial charge is 0.372 e. The Morgan fingerprint density at radius 3 is 2.40 bits per heavy atom. The van der Waals surface area contributed by atoms with E-state index in [4.69, 9.17) is 9.84 Å². The second-order valence-electron chi connectivity index (χ2n) is 3.72. The second-order valence-corrected chi connectivity index (χ2v) is 5.03. The number of carbonyl (C=O) groups is 4. The summed E-state index contributed by atoms with van der Waals surface area (Å²) in [5, 5.41) is 7.65. The van der Waals surface area contributed by atoms with Gasteiger partial charge < -0.3 is 14.6 Å². The summed E-state index contributed by atoms with van der Waals surface area (Å²) in [4.78, 5) is 44.1. The van der Waals surface area contributed by atoms with Gasteiger partial charge in [0.1, 0.15) is 5.25 Å². The van der Waals surface area contributed by atoms with Crippen LogP contribution in [-0.2, 0) is 28.7 Å². The zero-order valence-electron chi connectivity index (χ0n) is 11.4. The fourth-order valence-electron chi connectivity index (χ4n) is 1.27. The van der Waals surface area contributed by atoms with Crippen molar-refractivity contribution in [2.75, 3.05) is 19.5 Å². The Morgan fingerprint density at radius 2 is 1.90 bits per heavy atom. The van der Waals surface area contributed by atoms with Crippen LogP contribution in [0.2, 0.25) is 0 Å². The van der Waals surface area contributed by atoms with Crippen molar-refractivity contribution >= 4 is 35.5 Å². The van der Waals surface area contributed by atoms with Crippen LogP contribution in [0.1, 0.15) is 26.2 Å². The van der Waals surface area contributed by atoms with E-state index in [1.807, 2.05) is 0 Å². The molecule has 0 bridgehead atoms. The molecule has 0 aromatic carbocycles. The number of carboxylic acid groups (broad SMARTS) is 1. The minimum atomic E-state index is -1.58. The molecule has 8 heteroatoms. The van der Waals surface area contributed by atoms with Gasteiger partial charge in [-0.2, -0.15) is 0 Å². The largest absolute Gasteiger partial charge is 0.476 e. The Kier molecular flexibility index (Phi) is 9.44. The number of esters is 2. The van der Waals surface area contributed by atoms with Crippen LogP contribution < -0.4 is 0 Å². The van der Waals surface area contributed by atoms with Crippen molar-refractivity contribution in [1.82, 2.24) is 0 Å². The third-order valence-corrected chi connectivity index (χ3v) is 3.51. The molecular weight excluding hydrogens is 288 g/mol. The molecule has 0 saturated heterocycles. The van der Waals surface area contributed by atoms with Gasteiger partial charge in [0.05, 0.1) is 13.7 Å². The van der Waals surface area contributed by atoms with Gasteiger partial charge in [-0.3, -0.25) is 14.4 Å². The maximum atomic E-state index is 11.4. The van der Waals surface area contributed by atoms with Gasteiger partial charge in [0, 0.05) is 12.8 Å². The molecule has 0 amide bonds. The Morgan fingerprint density at radius 1 is 1.25 bits per heavy atom. The van der Waals surface area contributed by atoms with E-state index in [9.17, 15) is 19.2 Å². The van der Waals surface area contributed by atoms with Crippen LogP contribution in [-0.4, -0.2) is 53.5 Å². The van der Waals surface area contributed by atoms with E-state index in [0.29, 0.717) is 18.8 Å². The van der Waals surface area contributed by atoms with Gasteiger partial charge in [-0.05, 0) is 19.1 Å². The van der Waals surface area contributed by atoms with Gasteiger partial charge in [0.25, 0.3) is 0 Å². The van der Waals surface area contributed by atoms with Crippen LogP contribution in [0.25, 0.3) is 0 Å². The van der Waals surface area contributed by atoms with Gasteiger partial charge >= 0.3 is 17.9 Å². The zero-order valence-corrected chi connectivity index (χ0v) is 12.2. The van der Waals surface area contributed by atoms with Crippen LogP contribution in [0.15, 0.2) is 0 Å². The van der Waals surface area contributed by atoms with Crippen LogP contribution in [0.5, 0.6) is 0 Å². The van der Waals surface area contributed by atoms with Crippen molar-refractivity contribution in [3.8, 4) is 0 Å². The second kappa shape index (κ2) is 10.2. The Labute approximate surface area is 121 Å². The fraction of sp³-hybridized carbons (Fsp3) is 0.667. The Bertz CT molecular complexity index is 367. The van der Waals surface area contributed by atoms with E-state index in [-0.39, 0.29) is 12.4 Å². The molecule has 0 aromatic heterocycles. The van der Waals surface area contributed by atoms with Crippen molar-refractivity contribution in [3.05, 3.63) is 0 Å². The number of hydrogen-bond acceptors (Lipinski definition) is 7. The molecule has 0 spiro atoms. The summed E-state index contributed by atoms with van der Waals surface area (Å²) in [6, 6.07) is 0. The molecule has 0 fully saturated rings. The number of methoxy groups -OCH3 is 1. The van der Waals surface area contributed by atoms with Crippen molar-refractivity contribution in [1.29, 1.82) is 0 Å². The van der Waals surface area contributed by atoms with Crippen molar-refractivity contribution in [2.45, 2.75) is 31.4 Å². The average molecular weight is 306 g/mol. The maximum absolute atomic E-state index is 11.4. The number of Topliss-reactive ketones (excluding diaryl/α,β-unsaturated/α-hetero) is 1. The quantitative estimate of drug-likeness (QED) is 0.356. The number of ketones is 1. The van der Waals surface area contributed by atoms with Crippen LogP contribution in [0.3, 0.4) is 0 Å². The van der Waals surface area contributed by atoms with Crippen molar-refractivity contribution in [2.24, 2.45) is 0 Å². The molecule has 0 aliphatic rings. The maximum Gasteiger partial charge on any atom is 0.372 e. The first-order valence-corrected chi connectivity index (χ1v) is 7.08. The molecule has 0 heterocycles. The molecule has 1 atom stereocenters. The number of rotatable bonds is 10. The van der Waals surface area contributed by atoms with Gasteiger partial charge in [0.2, 0.25) is 5.78 Å². The van der Waals surface area contributed by atoms with Gasteiger partial charge in [-0.1, -0.05) is 0 Å². The Hall–Kier alpha value is -1.57. The van der Waals surface area contributed by atoms with Crippen LogP contribution in [0.4, 0.5) is 0 Å². The molecule has 0 aliphatic heterocycles. The number of carbonyl (C=O) groups excluding carboxylic acids is 3.